The zero-order valence-corrected chi connectivity index (χ0v) is 17.4. The standard InChI is InChI=1S/C20H20Cl2N6O/c1-26(16-4-3-11-27(13-16)18-5-2-10-23-25-18)17-12-24-28(20(29)19(17)22)15-8-6-14(21)7-9-15/h2,5-10,12,16H,3-4,11,13H2,1H3. The normalized spacial score (nSPS) is 16.7. The van der Waals surface area contributed by atoms with Crippen molar-refractivity contribution in [3.63, 3.8) is 0 Å². The van der Waals surface area contributed by atoms with Crippen molar-refractivity contribution in [3.05, 3.63) is 69.2 Å². The molecule has 7 nitrogen and oxygen atoms in total. The van der Waals surface area contributed by atoms with Crippen molar-refractivity contribution in [2.45, 2.75) is 18.9 Å². The van der Waals surface area contributed by atoms with Crippen LogP contribution in [0.4, 0.5) is 11.5 Å². The van der Waals surface area contributed by atoms with Crippen LogP contribution < -0.4 is 15.4 Å². The van der Waals surface area contributed by atoms with Gasteiger partial charge in [0, 0.05) is 37.4 Å². The van der Waals surface area contributed by atoms with Crippen molar-refractivity contribution in [3.8, 4) is 5.69 Å². The first-order valence-corrected chi connectivity index (χ1v) is 10.1. The van der Waals surface area contributed by atoms with E-state index in [0.717, 1.165) is 31.7 Å². The number of likely N-dealkylation sites (N-methyl/N-ethyl adjacent to an activating group) is 1. The van der Waals surface area contributed by atoms with Gasteiger partial charge >= 0.3 is 0 Å². The van der Waals surface area contributed by atoms with E-state index in [0.29, 0.717) is 16.4 Å². The zero-order chi connectivity index (χ0) is 20.4. The summed E-state index contributed by atoms with van der Waals surface area (Å²) in [4.78, 5) is 17.1. The van der Waals surface area contributed by atoms with Crippen LogP contribution in [0.15, 0.2) is 53.6 Å². The molecule has 1 aliphatic rings. The molecule has 9 heteroatoms. The first kappa shape index (κ1) is 19.7. The Kier molecular flexibility index (Phi) is 5.69. The fraction of sp³-hybridized carbons (Fsp3) is 0.300. The molecule has 1 atom stereocenters. The summed E-state index contributed by atoms with van der Waals surface area (Å²) in [5.41, 5.74) is 0.870. The quantitative estimate of drug-likeness (QED) is 0.631. The minimum absolute atomic E-state index is 0.147. The molecular weight excluding hydrogens is 411 g/mol. The zero-order valence-electron chi connectivity index (χ0n) is 15.9. The molecule has 1 fully saturated rings. The molecule has 1 aliphatic heterocycles. The van der Waals surface area contributed by atoms with Crippen molar-refractivity contribution < 1.29 is 0 Å². The predicted octanol–water partition coefficient (Wildman–Crippen LogP) is 3.43. The van der Waals surface area contributed by atoms with Crippen LogP contribution in [-0.2, 0) is 0 Å². The molecule has 0 amide bonds. The Bertz CT molecular complexity index is 1040. The lowest BCUT2D eigenvalue weighted by Crippen LogP contribution is -2.47. The summed E-state index contributed by atoms with van der Waals surface area (Å²) in [5.74, 6) is 0.855. The van der Waals surface area contributed by atoms with Crippen LogP contribution in [0.2, 0.25) is 10.0 Å². The van der Waals surface area contributed by atoms with Crippen LogP contribution in [0.25, 0.3) is 5.69 Å². The molecule has 4 rings (SSSR count). The predicted molar refractivity (Wildman–Crippen MR) is 116 cm³/mol. The molecule has 1 unspecified atom stereocenters. The molecule has 150 valence electrons. The maximum Gasteiger partial charge on any atom is 0.292 e. The molecule has 0 spiro atoms. The van der Waals surface area contributed by atoms with Crippen molar-refractivity contribution in [1.82, 2.24) is 20.0 Å². The first-order chi connectivity index (χ1) is 14.0. The van der Waals surface area contributed by atoms with Crippen LogP contribution in [0.5, 0.6) is 0 Å². The topological polar surface area (TPSA) is 67.2 Å². The van der Waals surface area contributed by atoms with Crippen LogP contribution in [0.1, 0.15) is 12.8 Å². The molecule has 0 bridgehead atoms. The van der Waals surface area contributed by atoms with E-state index in [1.54, 1.807) is 36.7 Å². The number of benzene rings is 1. The summed E-state index contributed by atoms with van der Waals surface area (Å²) >= 11 is 12.4. The van der Waals surface area contributed by atoms with E-state index in [4.69, 9.17) is 23.2 Å². The summed E-state index contributed by atoms with van der Waals surface area (Å²) in [6, 6.07) is 10.9. The van der Waals surface area contributed by atoms with Gasteiger partial charge in [0.1, 0.15) is 5.02 Å². The Morgan fingerprint density at radius 1 is 1.17 bits per heavy atom. The lowest BCUT2D eigenvalue weighted by molar-refractivity contribution is 0.484. The van der Waals surface area contributed by atoms with Gasteiger partial charge in [-0.25, -0.2) is 0 Å². The van der Waals surface area contributed by atoms with Crippen molar-refractivity contribution in [2.24, 2.45) is 0 Å². The van der Waals surface area contributed by atoms with Crippen LogP contribution in [0.3, 0.4) is 0 Å². The van der Waals surface area contributed by atoms with Gasteiger partial charge in [-0.05, 0) is 49.2 Å². The number of aromatic nitrogens is 4. The molecule has 2 aromatic heterocycles. The molecule has 0 saturated carbocycles. The fourth-order valence-electron chi connectivity index (χ4n) is 3.57. The Morgan fingerprint density at radius 2 is 1.97 bits per heavy atom. The first-order valence-electron chi connectivity index (χ1n) is 9.34. The van der Waals surface area contributed by atoms with E-state index in [1.165, 1.54) is 4.68 Å². The highest BCUT2D eigenvalue weighted by molar-refractivity contribution is 6.33. The van der Waals surface area contributed by atoms with E-state index in [1.807, 2.05) is 24.1 Å². The van der Waals surface area contributed by atoms with Crippen molar-refractivity contribution in [1.29, 1.82) is 0 Å². The summed E-state index contributed by atoms with van der Waals surface area (Å²) in [5, 5.41) is 13.2. The Morgan fingerprint density at radius 3 is 2.69 bits per heavy atom. The highest BCUT2D eigenvalue weighted by Gasteiger charge is 2.26. The van der Waals surface area contributed by atoms with E-state index in [-0.39, 0.29) is 16.6 Å². The number of hydrogen-bond acceptors (Lipinski definition) is 6. The molecule has 3 heterocycles. The minimum atomic E-state index is -0.361. The number of hydrogen-bond donors (Lipinski definition) is 0. The third-order valence-corrected chi connectivity index (χ3v) is 5.79. The third-order valence-electron chi connectivity index (χ3n) is 5.18. The van der Waals surface area contributed by atoms with Crippen molar-refractivity contribution >= 4 is 34.7 Å². The number of halogens is 2. The minimum Gasteiger partial charge on any atom is -0.367 e. The largest absolute Gasteiger partial charge is 0.367 e. The van der Waals surface area contributed by atoms with Gasteiger partial charge in [-0.1, -0.05) is 23.2 Å². The van der Waals surface area contributed by atoms with Crippen LogP contribution in [0, 0.1) is 0 Å². The second kappa shape index (κ2) is 8.39. The van der Waals surface area contributed by atoms with Gasteiger partial charge < -0.3 is 9.80 Å². The second-order valence-corrected chi connectivity index (χ2v) is 7.79. The highest BCUT2D eigenvalue weighted by atomic mass is 35.5. The summed E-state index contributed by atoms with van der Waals surface area (Å²) < 4.78 is 1.28. The SMILES string of the molecule is CN(c1cnn(-c2ccc(Cl)cc2)c(=O)c1Cl)C1CCCN(c2cccnn2)C1. The van der Waals surface area contributed by atoms with Gasteiger partial charge in [-0.3, -0.25) is 4.79 Å². The summed E-state index contributed by atoms with van der Waals surface area (Å²) in [6.07, 6.45) is 5.31. The van der Waals surface area contributed by atoms with Crippen LogP contribution in [-0.4, -0.2) is 46.2 Å². The summed E-state index contributed by atoms with van der Waals surface area (Å²) in [6.45, 7) is 1.69. The number of nitrogens with zero attached hydrogens (tertiary/aromatic N) is 6. The lowest BCUT2D eigenvalue weighted by atomic mass is 10.0. The monoisotopic (exact) mass is 430 g/mol. The van der Waals surface area contributed by atoms with Gasteiger partial charge in [-0.2, -0.15) is 14.9 Å². The van der Waals surface area contributed by atoms with Gasteiger partial charge in [0.25, 0.3) is 5.56 Å². The van der Waals surface area contributed by atoms with Gasteiger partial charge in [0.05, 0.1) is 17.6 Å². The highest BCUT2D eigenvalue weighted by Crippen LogP contribution is 2.27. The van der Waals surface area contributed by atoms with E-state index in [2.05, 4.69) is 20.2 Å². The molecular formula is C20H20Cl2N6O. The lowest BCUT2D eigenvalue weighted by Gasteiger charge is -2.39. The molecule has 0 radical (unpaired) electrons. The maximum atomic E-state index is 12.8. The van der Waals surface area contributed by atoms with Crippen molar-refractivity contribution in [2.75, 3.05) is 29.9 Å². The molecule has 1 saturated heterocycles. The fourth-order valence-corrected chi connectivity index (χ4v) is 3.96. The molecule has 0 aliphatic carbocycles. The molecule has 3 aromatic rings. The van der Waals surface area contributed by atoms with Crippen LogP contribution >= 0.6 is 23.2 Å². The second-order valence-electron chi connectivity index (χ2n) is 6.97. The maximum absolute atomic E-state index is 12.8. The van der Waals surface area contributed by atoms with Gasteiger partial charge in [0.15, 0.2) is 5.82 Å². The smallest absolute Gasteiger partial charge is 0.292 e. The summed E-state index contributed by atoms with van der Waals surface area (Å²) in [7, 11) is 1.94. The Hall–Kier alpha value is -2.64. The number of anilines is 2. The van der Waals surface area contributed by atoms with E-state index in [9.17, 15) is 4.79 Å². The van der Waals surface area contributed by atoms with E-state index >= 15 is 0 Å². The average Bonchev–Trinajstić information content (AvgIpc) is 2.77. The Balaban J connectivity index is 1.58. The molecule has 1 aromatic carbocycles. The number of piperidine rings is 1. The molecule has 0 N–H and O–H groups in total. The third kappa shape index (κ3) is 4.06. The van der Waals surface area contributed by atoms with Gasteiger partial charge in [0.2, 0.25) is 0 Å². The average molecular weight is 431 g/mol. The number of rotatable bonds is 4. The van der Waals surface area contributed by atoms with E-state index < -0.39 is 0 Å². The Labute approximate surface area is 178 Å². The molecule has 29 heavy (non-hydrogen) atoms. The van der Waals surface area contributed by atoms with Gasteiger partial charge in [-0.15, -0.1) is 5.10 Å².